The summed E-state index contributed by atoms with van der Waals surface area (Å²) < 4.78 is 0.932. The second-order valence-electron chi connectivity index (χ2n) is 3.76. The summed E-state index contributed by atoms with van der Waals surface area (Å²) in [6.45, 7) is 1.37. The zero-order chi connectivity index (χ0) is 13.5. The molecule has 2 N–H and O–H groups in total. The predicted octanol–water partition coefficient (Wildman–Crippen LogP) is 2.63. The molecule has 2 aromatic rings. The molecule has 0 bridgehead atoms. The molecule has 0 atom stereocenters. The molecular formula is C13H12BrN5. The summed E-state index contributed by atoms with van der Waals surface area (Å²) in [5, 5.41) is 15.3. The summed E-state index contributed by atoms with van der Waals surface area (Å²) in [6.07, 6.45) is 5.15. The summed E-state index contributed by atoms with van der Waals surface area (Å²) in [5.41, 5.74) is 1.49. The van der Waals surface area contributed by atoms with Crippen LogP contribution < -0.4 is 10.6 Å². The molecule has 0 aliphatic rings. The van der Waals surface area contributed by atoms with Gasteiger partial charge in [-0.15, -0.1) is 0 Å². The normalized spacial score (nSPS) is 9.68. The number of hydrogen-bond donors (Lipinski definition) is 2. The van der Waals surface area contributed by atoms with E-state index >= 15 is 0 Å². The maximum atomic E-state index is 8.92. The van der Waals surface area contributed by atoms with Gasteiger partial charge < -0.3 is 10.6 Å². The van der Waals surface area contributed by atoms with Crippen molar-refractivity contribution in [2.75, 3.05) is 23.7 Å². The van der Waals surface area contributed by atoms with Gasteiger partial charge in [-0.05, 0) is 34.1 Å². The van der Waals surface area contributed by atoms with Gasteiger partial charge in [-0.2, -0.15) is 5.26 Å². The van der Waals surface area contributed by atoms with Gasteiger partial charge in [-0.1, -0.05) is 0 Å². The molecule has 2 heterocycles. The molecule has 5 nitrogen and oxygen atoms in total. The van der Waals surface area contributed by atoms with Crippen LogP contribution in [0.3, 0.4) is 0 Å². The molecule has 96 valence electrons. The second-order valence-corrected chi connectivity index (χ2v) is 4.67. The van der Waals surface area contributed by atoms with Crippen molar-refractivity contribution in [3.05, 3.63) is 46.8 Å². The van der Waals surface area contributed by atoms with Crippen LogP contribution in [0.4, 0.5) is 11.5 Å². The van der Waals surface area contributed by atoms with Crippen molar-refractivity contribution in [3.8, 4) is 6.07 Å². The first kappa shape index (κ1) is 13.3. The fraction of sp³-hybridized carbons (Fsp3) is 0.154. The quantitative estimate of drug-likeness (QED) is 0.829. The molecule has 0 saturated carbocycles. The zero-order valence-corrected chi connectivity index (χ0v) is 11.7. The van der Waals surface area contributed by atoms with Crippen LogP contribution in [-0.4, -0.2) is 23.1 Å². The van der Waals surface area contributed by atoms with E-state index in [4.69, 9.17) is 5.26 Å². The second kappa shape index (κ2) is 6.71. The molecule has 0 amide bonds. The molecule has 0 spiro atoms. The van der Waals surface area contributed by atoms with E-state index in [1.54, 1.807) is 30.7 Å². The number of anilines is 2. The minimum absolute atomic E-state index is 0.548. The van der Waals surface area contributed by atoms with Crippen molar-refractivity contribution < 1.29 is 0 Å². The average molecular weight is 318 g/mol. The molecule has 6 heteroatoms. The molecule has 0 radical (unpaired) electrons. The van der Waals surface area contributed by atoms with Crippen LogP contribution in [0.2, 0.25) is 0 Å². The highest BCUT2D eigenvalue weighted by molar-refractivity contribution is 9.10. The fourth-order valence-electron chi connectivity index (χ4n) is 1.53. The first-order valence-electron chi connectivity index (χ1n) is 5.73. The first-order chi connectivity index (χ1) is 9.29. The van der Waals surface area contributed by atoms with E-state index in [1.165, 1.54) is 0 Å². The average Bonchev–Trinajstić information content (AvgIpc) is 2.44. The third-order valence-electron chi connectivity index (χ3n) is 2.38. The maximum Gasteiger partial charge on any atom is 0.143 e. The SMILES string of the molecule is N#Cc1cccnc1NCCNc1cncc(Br)c1. The van der Waals surface area contributed by atoms with Crippen LogP contribution in [0.1, 0.15) is 5.56 Å². The molecule has 0 aliphatic heterocycles. The summed E-state index contributed by atoms with van der Waals surface area (Å²) in [6, 6.07) is 7.54. The van der Waals surface area contributed by atoms with Crippen molar-refractivity contribution in [1.82, 2.24) is 9.97 Å². The van der Waals surface area contributed by atoms with Gasteiger partial charge in [0.2, 0.25) is 0 Å². The smallest absolute Gasteiger partial charge is 0.143 e. The number of pyridine rings is 2. The number of aromatic nitrogens is 2. The van der Waals surface area contributed by atoms with Gasteiger partial charge in [0, 0.05) is 30.0 Å². The summed E-state index contributed by atoms with van der Waals surface area (Å²) >= 11 is 3.36. The third-order valence-corrected chi connectivity index (χ3v) is 2.81. The van der Waals surface area contributed by atoms with Gasteiger partial charge in [-0.25, -0.2) is 4.98 Å². The molecule has 0 unspecified atom stereocenters. The van der Waals surface area contributed by atoms with Crippen LogP contribution in [0.5, 0.6) is 0 Å². The highest BCUT2D eigenvalue weighted by atomic mass is 79.9. The van der Waals surface area contributed by atoms with Gasteiger partial charge in [-0.3, -0.25) is 4.98 Å². The first-order valence-corrected chi connectivity index (χ1v) is 6.52. The lowest BCUT2D eigenvalue weighted by molar-refractivity contribution is 1.05. The van der Waals surface area contributed by atoms with Crippen LogP contribution in [0, 0.1) is 11.3 Å². The summed E-state index contributed by atoms with van der Waals surface area (Å²) in [5.74, 6) is 0.610. The van der Waals surface area contributed by atoms with Crippen LogP contribution >= 0.6 is 15.9 Å². The van der Waals surface area contributed by atoms with E-state index in [2.05, 4.69) is 42.6 Å². The van der Waals surface area contributed by atoms with E-state index in [-0.39, 0.29) is 0 Å². The largest absolute Gasteiger partial charge is 0.382 e. The lowest BCUT2D eigenvalue weighted by Gasteiger charge is -2.09. The zero-order valence-electron chi connectivity index (χ0n) is 10.1. The van der Waals surface area contributed by atoms with Crippen LogP contribution in [0.15, 0.2) is 41.3 Å². The predicted molar refractivity (Wildman–Crippen MR) is 77.9 cm³/mol. The number of nitrogens with zero attached hydrogens (tertiary/aromatic N) is 3. The Kier molecular flexibility index (Phi) is 4.70. The van der Waals surface area contributed by atoms with Crippen molar-refractivity contribution in [2.24, 2.45) is 0 Å². The minimum Gasteiger partial charge on any atom is -0.382 e. The van der Waals surface area contributed by atoms with Gasteiger partial charge in [0.05, 0.1) is 17.4 Å². The van der Waals surface area contributed by atoms with E-state index in [0.717, 1.165) is 10.2 Å². The Balaban J connectivity index is 1.83. The monoisotopic (exact) mass is 317 g/mol. The number of nitrogens with one attached hydrogen (secondary N) is 2. The Morgan fingerprint density at radius 1 is 1.26 bits per heavy atom. The molecule has 0 aromatic carbocycles. The maximum absolute atomic E-state index is 8.92. The molecule has 0 saturated heterocycles. The Morgan fingerprint density at radius 2 is 2.11 bits per heavy atom. The van der Waals surface area contributed by atoms with Gasteiger partial charge >= 0.3 is 0 Å². The van der Waals surface area contributed by atoms with Crippen molar-refractivity contribution >= 4 is 27.4 Å². The minimum atomic E-state index is 0.548. The van der Waals surface area contributed by atoms with E-state index < -0.39 is 0 Å². The van der Waals surface area contributed by atoms with E-state index in [0.29, 0.717) is 24.5 Å². The number of rotatable bonds is 5. The molecule has 2 rings (SSSR count). The molecule has 19 heavy (non-hydrogen) atoms. The highest BCUT2D eigenvalue weighted by Crippen LogP contribution is 2.13. The molecule has 0 fully saturated rings. The highest BCUT2D eigenvalue weighted by Gasteiger charge is 2.00. The number of nitriles is 1. The third kappa shape index (κ3) is 3.93. The van der Waals surface area contributed by atoms with Crippen LogP contribution in [0.25, 0.3) is 0 Å². The lowest BCUT2D eigenvalue weighted by atomic mass is 10.3. The number of hydrogen-bond acceptors (Lipinski definition) is 5. The van der Waals surface area contributed by atoms with E-state index in [9.17, 15) is 0 Å². The van der Waals surface area contributed by atoms with E-state index in [1.807, 2.05) is 6.07 Å². The van der Waals surface area contributed by atoms with Crippen molar-refractivity contribution in [2.45, 2.75) is 0 Å². The summed E-state index contributed by atoms with van der Waals surface area (Å²) in [7, 11) is 0. The molecule has 2 aromatic heterocycles. The Bertz CT molecular complexity index is 594. The standard InChI is InChI=1S/C13H12BrN5/c14-11-6-12(9-16-8-11)17-4-5-19-13-10(7-15)2-1-3-18-13/h1-3,6,8-9,17H,4-5H2,(H,18,19). The van der Waals surface area contributed by atoms with Gasteiger partial charge in [0.1, 0.15) is 11.9 Å². The molecular weight excluding hydrogens is 306 g/mol. The van der Waals surface area contributed by atoms with Gasteiger partial charge in [0.15, 0.2) is 0 Å². The number of halogens is 1. The van der Waals surface area contributed by atoms with Crippen LogP contribution in [-0.2, 0) is 0 Å². The van der Waals surface area contributed by atoms with Crippen molar-refractivity contribution in [1.29, 1.82) is 5.26 Å². The van der Waals surface area contributed by atoms with Gasteiger partial charge in [0.25, 0.3) is 0 Å². The van der Waals surface area contributed by atoms with Crippen molar-refractivity contribution in [3.63, 3.8) is 0 Å². The Morgan fingerprint density at radius 3 is 2.89 bits per heavy atom. The fourth-order valence-corrected chi connectivity index (χ4v) is 1.90. The Labute approximate surface area is 119 Å². The lowest BCUT2D eigenvalue weighted by Crippen LogP contribution is -2.15. The Hall–Kier alpha value is -2.13. The molecule has 0 aliphatic carbocycles. The topological polar surface area (TPSA) is 73.6 Å². The summed E-state index contributed by atoms with van der Waals surface area (Å²) in [4.78, 5) is 8.19.